The highest BCUT2D eigenvalue weighted by Gasteiger charge is 2.27. The predicted octanol–water partition coefficient (Wildman–Crippen LogP) is 5.63. The van der Waals surface area contributed by atoms with Crippen LogP contribution < -0.4 is 9.64 Å². The number of amides is 1. The highest BCUT2D eigenvalue weighted by molar-refractivity contribution is 7.99. The number of ether oxygens (including phenoxy) is 2. The number of fused-ring (bicyclic) bond motifs is 1. The van der Waals surface area contributed by atoms with Crippen LogP contribution in [0.4, 0.5) is 5.13 Å². The van der Waals surface area contributed by atoms with Gasteiger partial charge < -0.3 is 9.47 Å². The van der Waals surface area contributed by atoms with E-state index >= 15 is 0 Å². The third kappa shape index (κ3) is 4.79. The fourth-order valence-electron chi connectivity index (χ4n) is 3.52. The molecule has 7 heteroatoms. The van der Waals surface area contributed by atoms with Gasteiger partial charge in [0.2, 0.25) is 0 Å². The van der Waals surface area contributed by atoms with Crippen LogP contribution in [0, 0.1) is 0 Å². The van der Waals surface area contributed by atoms with Gasteiger partial charge in [-0.1, -0.05) is 18.3 Å². The van der Waals surface area contributed by atoms with Gasteiger partial charge in [-0.25, -0.2) is 4.98 Å². The zero-order chi connectivity index (χ0) is 20.9. The number of nitrogens with zero attached hydrogens (tertiary/aromatic N) is 2. The van der Waals surface area contributed by atoms with Gasteiger partial charge >= 0.3 is 0 Å². The van der Waals surface area contributed by atoms with Crippen molar-refractivity contribution in [2.45, 2.75) is 37.7 Å². The fourth-order valence-corrected chi connectivity index (χ4v) is 5.18. The molecule has 1 aliphatic heterocycles. The number of anilines is 1. The highest BCUT2D eigenvalue weighted by Crippen LogP contribution is 2.33. The maximum absolute atomic E-state index is 13.5. The van der Waals surface area contributed by atoms with Crippen LogP contribution in [0.1, 0.15) is 37.0 Å². The topological polar surface area (TPSA) is 51.7 Å². The first-order chi connectivity index (χ1) is 14.7. The number of carbonyl (C=O) groups excluding carboxylic acids is 1. The molecule has 3 aromatic rings. The van der Waals surface area contributed by atoms with Crippen molar-refractivity contribution < 1.29 is 14.3 Å². The number of benzene rings is 2. The molecule has 158 valence electrons. The highest BCUT2D eigenvalue weighted by atomic mass is 32.2. The SMILES string of the molecule is CCOc1ccc2nc(N(CC3CCCO3)C(=O)c3ccc(SCC)cc3)sc2c1. The van der Waals surface area contributed by atoms with Crippen LogP contribution in [0.3, 0.4) is 0 Å². The Morgan fingerprint density at radius 2 is 2.10 bits per heavy atom. The third-order valence-corrected chi connectivity index (χ3v) is 6.89. The van der Waals surface area contributed by atoms with E-state index in [2.05, 4.69) is 6.92 Å². The van der Waals surface area contributed by atoms with Gasteiger partial charge in [-0.2, -0.15) is 0 Å². The Hall–Kier alpha value is -2.09. The first-order valence-corrected chi connectivity index (χ1v) is 12.2. The summed E-state index contributed by atoms with van der Waals surface area (Å²) in [4.78, 5) is 21.2. The minimum Gasteiger partial charge on any atom is -0.494 e. The number of carbonyl (C=O) groups is 1. The lowest BCUT2D eigenvalue weighted by Crippen LogP contribution is -2.37. The van der Waals surface area contributed by atoms with Crippen molar-refractivity contribution in [1.82, 2.24) is 4.98 Å². The zero-order valence-electron chi connectivity index (χ0n) is 17.3. The molecule has 1 aliphatic rings. The Labute approximate surface area is 185 Å². The summed E-state index contributed by atoms with van der Waals surface area (Å²) >= 11 is 3.29. The lowest BCUT2D eigenvalue weighted by molar-refractivity contribution is 0.0917. The lowest BCUT2D eigenvalue weighted by atomic mass is 10.2. The number of hydrogen-bond acceptors (Lipinski definition) is 6. The summed E-state index contributed by atoms with van der Waals surface area (Å²) in [6.07, 6.45) is 2.05. The summed E-state index contributed by atoms with van der Waals surface area (Å²) in [7, 11) is 0. The Morgan fingerprint density at radius 1 is 1.27 bits per heavy atom. The van der Waals surface area contributed by atoms with Crippen LogP contribution in [-0.4, -0.2) is 42.5 Å². The van der Waals surface area contributed by atoms with E-state index in [-0.39, 0.29) is 12.0 Å². The molecule has 2 heterocycles. The third-order valence-electron chi connectivity index (χ3n) is 4.96. The van der Waals surface area contributed by atoms with Crippen molar-refractivity contribution in [3.63, 3.8) is 0 Å². The molecule has 0 radical (unpaired) electrons. The van der Waals surface area contributed by atoms with Gasteiger partial charge in [-0.15, -0.1) is 11.8 Å². The quantitative estimate of drug-likeness (QED) is 0.423. The second-order valence-corrected chi connectivity index (χ2v) is 9.41. The smallest absolute Gasteiger partial charge is 0.260 e. The summed E-state index contributed by atoms with van der Waals surface area (Å²) in [5.41, 5.74) is 1.54. The average molecular weight is 443 g/mol. The fraction of sp³-hybridized carbons (Fsp3) is 0.391. The van der Waals surface area contributed by atoms with E-state index < -0.39 is 0 Å². The molecule has 2 aromatic carbocycles. The molecule has 0 aliphatic carbocycles. The Bertz CT molecular complexity index is 997. The Morgan fingerprint density at radius 3 is 2.80 bits per heavy atom. The molecule has 30 heavy (non-hydrogen) atoms. The Balaban J connectivity index is 1.64. The first kappa shape index (κ1) is 21.2. The molecule has 1 fully saturated rings. The van der Waals surface area contributed by atoms with E-state index in [1.807, 2.05) is 49.4 Å². The van der Waals surface area contributed by atoms with Gasteiger partial charge in [0.05, 0.1) is 29.5 Å². The van der Waals surface area contributed by atoms with Crippen molar-refractivity contribution in [3.05, 3.63) is 48.0 Å². The monoisotopic (exact) mass is 442 g/mol. The van der Waals surface area contributed by atoms with Gasteiger partial charge in [0, 0.05) is 17.1 Å². The normalized spacial score (nSPS) is 16.1. The van der Waals surface area contributed by atoms with Crippen molar-refractivity contribution in [2.24, 2.45) is 0 Å². The van der Waals surface area contributed by atoms with Crippen molar-refractivity contribution >= 4 is 44.4 Å². The molecule has 0 saturated carbocycles. The summed E-state index contributed by atoms with van der Waals surface area (Å²) in [6, 6.07) is 13.7. The van der Waals surface area contributed by atoms with Crippen LogP contribution >= 0.6 is 23.1 Å². The van der Waals surface area contributed by atoms with Gasteiger partial charge in [0.15, 0.2) is 5.13 Å². The van der Waals surface area contributed by atoms with Crippen LogP contribution in [0.5, 0.6) is 5.75 Å². The molecule has 0 bridgehead atoms. The largest absolute Gasteiger partial charge is 0.494 e. The second kappa shape index (κ2) is 9.81. The minimum absolute atomic E-state index is 0.0392. The van der Waals surface area contributed by atoms with Crippen LogP contribution in [-0.2, 0) is 4.74 Å². The van der Waals surface area contributed by atoms with Gasteiger partial charge in [-0.3, -0.25) is 9.69 Å². The molecule has 1 atom stereocenters. The van der Waals surface area contributed by atoms with Crippen LogP contribution in [0.25, 0.3) is 10.2 Å². The lowest BCUT2D eigenvalue weighted by Gasteiger charge is -2.23. The van der Waals surface area contributed by atoms with Crippen LogP contribution in [0.15, 0.2) is 47.4 Å². The van der Waals surface area contributed by atoms with E-state index in [9.17, 15) is 4.79 Å². The summed E-state index contributed by atoms with van der Waals surface area (Å²) in [5, 5.41) is 0.700. The number of hydrogen-bond donors (Lipinski definition) is 0. The number of rotatable bonds is 8. The molecule has 4 rings (SSSR count). The minimum atomic E-state index is -0.0392. The maximum Gasteiger partial charge on any atom is 0.260 e. The molecule has 1 saturated heterocycles. The van der Waals surface area contributed by atoms with E-state index in [1.165, 1.54) is 16.2 Å². The molecular weight excluding hydrogens is 416 g/mol. The molecule has 1 amide bonds. The molecular formula is C23H26N2O3S2. The molecule has 5 nitrogen and oxygen atoms in total. The summed E-state index contributed by atoms with van der Waals surface area (Å²) in [6.45, 7) is 5.98. The Kier molecular flexibility index (Phi) is 6.92. The van der Waals surface area contributed by atoms with E-state index in [0.29, 0.717) is 23.8 Å². The first-order valence-electron chi connectivity index (χ1n) is 10.4. The standard InChI is InChI=1S/C23H26N2O3S2/c1-3-27-17-9-12-20-21(14-17)30-23(24-20)25(15-18-6-5-13-28-18)22(26)16-7-10-19(11-8-16)29-4-2/h7-12,14,18H,3-6,13,15H2,1-2H3. The molecule has 1 unspecified atom stereocenters. The number of thioether (sulfide) groups is 1. The van der Waals surface area contributed by atoms with Crippen molar-refractivity contribution in [1.29, 1.82) is 0 Å². The van der Waals surface area contributed by atoms with Crippen LogP contribution in [0.2, 0.25) is 0 Å². The molecule has 0 spiro atoms. The second-order valence-electron chi connectivity index (χ2n) is 7.07. The predicted molar refractivity (Wildman–Crippen MR) is 124 cm³/mol. The average Bonchev–Trinajstić information content (AvgIpc) is 3.42. The number of aromatic nitrogens is 1. The van der Waals surface area contributed by atoms with Gasteiger partial charge in [0.25, 0.3) is 5.91 Å². The van der Waals surface area contributed by atoms with E-state index in [4.69, 9.17) is 14.5 Å². The van der Waals surface area contributed by atoms with E-state index in [1.54, 1.807) is 16.7 Å². The molecule has 1 aromatic heterocycles. The van der Waals surface area contributed by atoms with Gasteiger partial charge in [-0.05, 0) is 68.0 Å². The van der Waals surface area contributed by atoms with Crippen molar-refractivity contribution in [3.8, 4) is 5.75 Å². The molecule has 0 N–H and O–H groups in total. The van der Waals surface area contributed by atoms with E-state index in [0.717, 1.165) is 41.2 Å². The van der Waals surface area contributed by atoms with Crippen molar-refractivity contribution in [2.75, 3.05) is 30.4 Å². The maximum atomic E-state index is 13.5. The number of thiazole rings is 1. The summed E-state index contributed by atoms with van der Waals surface area (Å²) in [5.74, 6) is 1.79. The zero-order valence-corrected chi connectivity index (χ0v) is 18.9. The summed E-state index contributed by atoms with van der Waals surface area (Å²) < 4.78 is 12.5. The van der Waals surface area contributed by atoms with Gasteiger partial charge in [0.1, 0.15) is 5.75 Å².